The van der Waals surface area contributed by atoms with Crippen molar-refractivity contribution in [2.45, 2.75) is 4.90 Å². The number of amides is 1. The molecule has 2 aromatic carbocycles. The van der Waals surface area contributed by atoms with E-state index in [1.54, 1.807) is 18.2 Å². The lowest BCUT2D eigenvalue weighted by atomic mass is 10.1. The number of rotatable bonds is 5. The Labute approximate surface area is 143 Å². The molecule has 5 N–H and O–H groups in total. The number of carbonyl (C=O) groups is 1. The van der Waals surface area contributed by atoms with Crippen molar-refractivity contribution >= 4 is 38.7 Å². The fourth-order valence-corrected chi connectivity index (χ4v) is 2.86. The van der Waals surface area contributed by atoms with E-state index in [0.717, 1.165) is 0 Å². The minimum atomic E-state index is -3.76. The number of primary sulfonamides is 1. The van der Waals surface area contributed by atoms with Crippen LogP contribution in [0, 0.1) is 0 Å². The van der Waals surface area contributed by atoms with E-state index in [9.17, 15) is 13.2 Å². The predicted octanol–water partition coefficient (Wildman–Crippen LogP) is 1.08. The summed E-state index contributed by atoms with van der Waals surface area (Å²) in [5.74, 6) is -0.367. The van der Waals surface area contributed by atoms with Gasteiger partial charge in [-0.15, -0.1) is 0 Å². The molecule has 0 radical (unpaired) electrons. The Hall–Kier alpha value is -2.95. The molecule has 3 rings (SSSR count). The molecule has 0 fully saturated rings. The van der Waals surface area contributed by atoms with E-state index in [4.69, 9.17) is 9.98 Å². The van der Waals surface area contributed by atoms with Gasteiger partial charge in [0.1, 0.15) is 0 Å². The van der Waals surface area contributed by atoms with Gasteiger partial charge in [-0.2, -0.15) is 5.10 Å². The first-order valence-electron chi connectivity index (χ1n) is 7.10. The molecule has 130 valence electrons. The molecule has 0 bridgehead atoms. The van der Waals surface area contributed by atoms with Crippen LogP contribution in [-0.4, -0.2) is 27.1 Å². The first-order valence-corrected chi connectivity index (χ1v) is 8.65. The fraction of sp³-hybridized carbons (Fsp3) is 0.0667. The van der Waals surface area contributed by atoms with E-state index in [1.165, 1.54) is 31.4 Å². The van der Waals surface area contributed by atoms with Gasteiger partial charge < -0.3 is 5.32 Å². The standard InChI is InChI=1S/C15H15N5O4S/c1-24-20-12-4-2-3-11-13(12)14(15(21)17-11)19-18-9-5-7-10(8-6-9)25(16,22)23/h2-8,18,20H,1H3,(H2,16,22,23)(H,17,19,21). The average molecular weight is 361 g/mol. The highest BCUT2D eigenvalue weighted by molar-refractivity contribution is 7.89. The monoisotopic (exact) mass is 361 g/mol. The predicted molar refractivity (Wildman–Crippen MR) is 93.7 cm³/mol. The lowest BCUT2D eigenvalue weighted by Crippen LogP contribution is -2.16. The molecular formula is C15H15N5O4S. The van der Waals surface area contributed by atoms with Gasteiger partial charge in [-0.3, -0.25) is 20.5 Å². The van der Waals surface area contributed by atoms with Crippen molar-refractivity contribution in [2.75, 3.05) is 23.3 Å². The first kappa shape index (κ1) is 16.9. The summed E-state index contributed by atoms with van der Waals surface area (Å²) in [6, 6.07) is 10.9. The number of sulfonamides is 1. The first-order chi connectivity index (χ1) is 11.9. The van der Waals surface area contributed by atoms with Crippen LogP contribution in [0.3, 0.4) is 0 Å². The van der Waals surface area contributed by atoms with E-state index in [2.05, 4.69) is 21.3 Å². The SMILES string of the molecule is CONc1cccc2c1/C(=N/Nc1ccc(S(N)(=O)=O)cc1)C(=O)N2. The quantitative estimate of drug-likeness (QED) is 0.589. The van der Waals surface area contributed by atoms with Gasteiger partial charge in [0.15, 0.2) is 5.71 Å². The van der Waals surface area contributed by atoms with Gasteiger partial charge in [0, 0.05) is 0 Å². The van der Waals surface area contributed by atoms with Crippen molar-refractivity contribution in [3.63, 3.8) is 0 Å². The Morgan fingerprint density at radius 1 is 1.16 bits per heavy atom. The van der Waals surface area contributed by atoms with Crippen LogP contribution in [0.1, 0.15) is 5.56 Å². The average Bonchev–Trinajstić information content (AvgIpc) is 2.89. The minimum Gasteiger partial charge on any atom is -0.320 e. The fourth-order valence-electron chi connectivity index (χ4n) is 2.35. The van der Waals surface area contributed by atoms with Crippen LogP contribution >= 0.6 is 0 Å². The third kappa shape index (κ3) is 3.45. The molecule has 0 spiro atoms. The second kappa shape index (κ2) is 6.51. The van der Waals surface area contributed by atoms with E-state index >= 15 is 0 Å². The summed E-state index contributed by atoms with van der Waals surface area (Å²) in [6.45, 7) is 0. The lowest BCUT2D eigenvalue weighted by Gasteiger charge is -2.08. The van der Waals surface area contributed by atoms with Gasteiger partial charge in [-0.25, -0.2) is 13.6 Å². The molecule has 10 heteroatoms. The normalized spacial score (nSPS) is 15.0. The maximum absolute atomic E-state index is 12.1. The van der Waals surface area contributed by atoms with Crippen molar-refractivity contribution in [1.29, 1.82) is 0 Å². The molecule has 0 aliphatic carbocycles. The molecular weight excluding hydrogens is 346 g/mol. The smallest absolute Gasteiger partial charge is 0.276 e. The van der Waals surface area contributed by atoms with Crippen molar-refractivity contribution in [2.24, 2.45) is 10.2 Å². The second-order valence-corrected chi connectivity index (χ2v) is 6.69. The highest BCUT2D eigenvalue weighted by atomic mass is 32.2. The molecule has 1 aliphatic rings. The van der Waals surface area contributed by atoms with Crippen LogP contribution in [0.4, 0.5) is 17.1 Å². The molecule has 0 atom stereocenters. The van der Waals surface area contributed by atoms with Crippen molar-refractivity contribution in [1.82, 2.24) is 0 Å². The molecule has 1 aliphatic heterocycles. The Kier molecular flexibility index (Phi) is 4.40. The molecule has 0 saturated carbocycles. The molecule has 9 nitrogen and oxygen atoms in total. The van der Waals surface area contributed by atoms with Crippen LogP contribution in [0.15, 0.2) is 52.5 Å². The largest absolute Gasteiger partial charge is 0.320 e. The van der Waals surface area contributed by atoms with Crippen LogP contribution in [0.5, 0.6) is 0 Å². The van der Waals surface area contributed by atoms with Crippen molar-refractivity contribution in [3.05, 3.63) is 48.0 Å². The number of hydrogen-bond donors (Lipinski definition) is 4. The van der Waals surface area contributed by atoms with E-state index in [-0.39, 0.29) is 16.5 Å². The minimum absolute atomic E-state index is 0.0127. The topological polar surface area (TPSA) is 135 Å². The van der Waals surface area contributed by atoms with E-state index < -0.39 is 10.0 Å². The number of fused-ring (bicyclic) bond motifs is 1. The number of carbonyl (C=O) groups excluding carboxylic acids is 1. The Bertz CT molecular complexity index is 954. The molecule has 0 aromatic heterocycles. The number of hydrogen-bond acceptors (Lipinski definition) is 7. The second-order valence-electron chi connectivity index (χ2n) is 5.13. The van der Waals surface area contributed by atoms with E-state index in [1.807, 2.05) is 0 Å². The number of nitrogens with one attached hydrogen (secondary N) is 3. The van der Waals surface area contributed by atoms with Crippen LogP contribution < -0.4 is 21.4 Å². The summed E-state index contributed by atoms with van der Waals surface area (Å²) in [4.78, 5) is 17.0. The van der Waals surface area contributed by atoms with Crippen LogP contribution in [0.2, 0.25) is 0 Å². The van der Waals surface area contributed by atoms with E-state index in [0.29, 0.717) is 22.6 Å². The summed E-state index contributed by atoms with van der Waals surface area (Å²) >= 11 is 0. The summed E-state index contributed by atoms with van der Waals surface area (Å²) in [5.41, 5.74) is 7.87. The molecule has 2 aromatic rings. The molecule has 0 saturated heterocycles. The Balaban J connectivity index is 1.89. The number of nitrogens with zero attached hydrogens (tertiary/aromatic N) is 1. The highest BCUT2D eigenvalue weighted by Gasteiger charge is 2.29. The lowest BCUT2D eigenvalue weighted by molar-refractivity contribution is -0.110. The Morgan fingerprint density at radius 3 is 2.52 bits per heavy atom. The highest BCUT2D eigenvalue weighted by Crippen LogP contribution is 2.30. The summed E-state index contributed by atoms with van der Waals surface area (Å²) in [6.07, 6.45) is 0. The maximum atomic E-state index is 12.1. The summed E-state index contributed by atoms with van der Waals surface area (Å²) < 4.78 is 22.5. The summed E-state index contributed by atoms with van der Waals surface area (Å²) in [5, 5.41) is 11.9. The van der Waals surface area contributed by atoms with Gasteiger partial charge in [-0.1, -0.05) is 6.07 Å². The molecule has 1 heterocycles. The van der Waals surface area contributed by atoms with Crippen molar-refractivity contribution < 1.29 is 18.0 Å². The number of hydrazone groups is 1. The van der Waals surface area contributed by atoms with Crippen LogP contribution in [0.25, 0.3) is 0 Å². The van der Waals surface area contributed by atoms with Crippen molar-refractivity contribution in [3.8, 4) is 0 Å². The number of anilines is 3. The van der Waals surface area contributed by atoms with Gasteiger partial charge in [-0.05, 0) is 36.4 Å². The van der Waals surface area contributed by atoms with Gasteiger partial charge in [0.25, 0.3) is 5.91 Å². The zero-order valence-corrected chi connectivity index (χ0v) is 13.9. The third-order valence-corrected chi connectivity index (χ3v) is 4.39. The molecule has 0 unspecified atom stereocenters. The number of benzene rings is 2. The maximum Gasteiger partial charge on any atom is 0.276 e. The van der Waals surface area contributed by atoms with Gasteiger partial charge in [0.2, 0.25) is 10.0 Å². The molecule has 25 heavy (non-hydrogen) atoms. The number of nitrogens with two attached hydrogens (primary N) is 1. The van der Waals surface area contributed by atoms with Crippen LogP contribution in [-0.2, 0) is 19.7 Å². The third-order valence-electron chi connectivity index (χ3n) is 3.46. The summed E-state index contributed by atoms with van der Waals surface area (Å²) in [7, 11) is -2.30. The Morgan fingerprint density at radius 2 is 1.88 bits per heavy atom. The van der Waals surface area contributed by atoms with Gasteiger partial charge in [0.05, 0.1) is 34.6 Å². The molecule has 1 amide bonds. The zero-order valence-electron chi connectivity index (χ0n) is 13.1. The van der Waals surface area contributed by atoms with Gasteiger partial charge >= 0.3 is 0 Å². The zero-order chi connectivity index (χ0) is 18.0.